The van der Waals surface area contributed by atoms with Gasteiger partial charge in [-0.2, -0.15) is 0 Å². The molecule has 0 radical (unpaired) electrons. The van der Waals surface area contributed by atoms with E-state index in [1.54, 1.807) is 6.92 Å². The first-order valence-corrected chi connectivity index (χ1v) is 4.81. The van der Waals surface area contributed by atoms with Crippen LogP contribution in [0.1, 0.15) is 25.0 Å². The fourth-order valence-corrected chi connectivity index (χ4v) is 1.22. The molecule has 0 aromatic heterocycles. The Labute approximate surface area is 87.5 Å². The summed E-state index contributed by atoms with van der Waals surface area (Å²) in [5, 5.41) is 9.38. The second-order valence-corrected chi connectivity index (χ2v) is 3.25. The zero-order chi connectivity index (χ0) is 11.3. The number of halogens is 2. The van der Waals surface area contributed by atoms with Gasteiger partial charge in [0.15, 0.2) is 0 Å². The molecule has 1 atom stereocenters. The van der Waals surface area contributed by atoms with Crippen molar-refractivity contribution in [3.63, 3.8) is 0 Å². The van der Waals surface area contributed by atoms with Crippen LogP contribution < -0.4 is 4.74 Å². The Morgan fingerprint density at radius 2 is 2.20 bits per heavy atom. The summed E-state index contributed by atoms with van der Waals surface area (Å²) in [6, 6.07) is 3.91. The minimum Gasteiger partial charge on any atom is -0.493 e. The lowest BCUT2D eigenvalue weighted by Gasteiger charge is -2.12. The Hall–Kier alpha value is -1.16. The summed E-state index contributed by atoms with van der Waals surface area (Å²) in [7, 11) is 0. The first-order chi connectivity index (χ1) is 7.15. The molecule has 1 rings (SSSR count). The van der Waals surface area contributed by atoms with Gasteiger partial charge in [0, 0.05) is 18.1 Å². The van der Waals surface area contributed by atoms with Gasteiger partial charge in [-0.15, -0.1) is 0 Å². The van der Waals surface area contributed by atoms with E-state index >= 15 is 0 Å². The molecule has 0 fully saturated rings. The van der Waals surface area contributed by atoms with Crippen LogP contribution >= 0.6 is 0 Å². The molecule has 1 aromatic carbocycles. The average Bonchev–Trinajstić information content (AvgIpc) is 2.18. The minimum atomic E-state index is -0.731. The molecule has 15 heavy (non-hydrogen) atoms. The average molecular weight is 216 g/mol. The zero-order valence-corrected chi connectivity index (χ0v) is 8.54. The van der Waals surface area contributed by atoms with E-state index in [1.165, 1.54) is 18.2 Å². The van der Waals surface area contributed by atoms with E-state index in [1.807, 2.05) is 0 Å². The maximum atomic E-state index is 12.9. The van der Waals surface area contributed by atoms with E-state index in [-0.39, 0.29) is 18.8 Å². The Morgan fingerprint density at radius 1 is 1.47 bits per heavy atom. The summed E-state index contributed by atoms with van der Waals surface area (Å²) in [4.78, 5) is 0. The van der Waals surface area contributed by atoms with Crippen LogP contribution in [0.2, 0.25) is 0 Å². The maximum absolute atomic E-state index is 12.9. The number of aliphatic hydroxyl groups excluding tert-OH is 1. The quantitative estimate of drug-likeness (QED) is 0.766. The number of ether oxygens (including phenoxy) is 1. The van der Waals surface area contributed by atoms with Gasteiger partial charge in [-0.3, -0.25) is 4.39 Å². The highest BCUT2D eigenvalue weighted by Crippen LogP contribution is 2.25. The Kier molecular flexibility index (Phi) is 4.49. The fraction of sp³-hybridized carbons (Fsp3) is 0.455. The van der Waals surface area contributed by atoms with Gasteiger partial charge in [-0.1, -0.05) is 0 Å². The van der Waals surface area contributed by atoms with Gasteiger partial charge < -0.3 is 9.84 Å². The standard InChI is InChI=1S/C11H14F2O2/c1-8(14)10-4-3-9(13)7-11(10)15-6-2-5-12/h3-4,7-8,14H,2,5-6H2,1H3/t8-/m0/s1. The van der Waals surface area contributed by atoms with Gasteiger partial charge in [0.05, 0.1) is 19.4 Å². The Bertz CT molecular complexity index is 313. The lowest BCUT2D eigenvalue weighted by atomic mass is 10.1. The van der Waals surface area contributed by atoms with E-state index in [4.69, 9.17) is 4.74 Å². The van der Waals surface area contributed by atoms with Crippen molar-refractivity contribution in [3.8, 4) is 5.75 Å². The molecule has 0 saturated carbocycles. The van der Waals surface area contributed by atoms with Crippen LogP contribution in [0.5, 0.6) is 5.75 Å². The fourth-order valence-electron chi connectivity index (χ4n) is 1.22. The van der Waals surface area contributed by atoms with Crippen molar-refractivity contribution >= 4 is 0 Å². The number of aliphatic hydroxyl groups is 1. The van der Waals surface area contributed by atoms with Gasteiger partial charge in [-0.25, -0.2) is 4.39 Å². The Morgan fingerprint density at radius 3 is 2.80 bits per heavy atom. The highest BCUT2D eigenvalue weighted by atomic mass is 19.1. The van der Waals surface area contributed by atoms with E-state index in [0.717, 1.165) is 0 Å². The normalized spacial score (nSPS) is 12.5. The molecule has 2 nitrogen and oxygen atoms in total. The smallest absolute Gasteiger partial charge is 0.127 e. The molecule has 84 valence electrons. The van der Waals surface area contributed by atoms with E-state index in [9.17, 15) is 13.9 Å². The third-order valence-electron chi connectivity index (χ3n) is 1.96. The minimum absolute atomic E-state index is 0.180. The molecule has 0 saturated heterocycles. The zero-order valence-electron chi connectivity index (χ0n) is 8.54. The molecule has 0 spiro atoms. The third-order valence-corrected chi connectivity index (χ3v) is 1.96. The topological polar surface area (TPSA) is 29.5 Å². The molecule has 4 heteroatoms. The molecule has 0 heterocycles. The summed E-state index contributed by atoms with van der Waals surface area (Å²) >= 11 is 0. The first kappa shape index (κ1) is 11.9. The molecule has 1 aromatic rings. The van der Waals surface area contributed by atoms with Crippen molar-refractivity contribution in [1.82, 2.24) is 0 Å². The number of alkyl halides is 1. The third kappa shape index (κ3) is 3.47. The second-order valence-electron chi connectivity index (χ2n) is 3.25. The summed E-state index contributed by atoms with van der Waals surface area (Å²) in [5.41, 5.74) is 0.509. The van der Waals surface area contributed by atoms with Crippen molar-refractivity contribution < 1.29 is 18.6 Å². The largest absolute Gasteiger partial charge is 0.493 e. The predicted octanol–water partition coefficient (Wildman–Crippen LogP) is 2.62. The number of rotatable bonds is 5. The highest BCUT2D eigenvalue weighted by Gasteiger charge is 2.10. The summed E-state index contributed by atoms with van der Waals surface area (Å²) in [5.74, 6) is -0.159. The molecule has 0 amide bonds. The molecule has 0 aliphatic carbocycles. The number of benzene rings is 1. The molecule has 0 unspecified atom stereocenters. The first-order valence-electron chi connectivity index (χ1n) is 4.81. The monoisotopic (exact) mass is 216 g/mol. The van der Waals surface area contributed by atoms with Crippen LogP contribution in [0, 0.1) is 5.82 Å². The van der Waals surface area contributed by atoms with Gasteiger partial charge >= 0.3 is 0 Å². The van der Waals surface area contributed by atoms with Gasteiger partial charge in [0.25, 0.3) is 0 Å². The van der Waals surface area contributed by atoms with Crippen molar-refractivity contribution in [2.45, 2.75) is 19.4 Å². The SMILES string of the molecule is C[C@H](O)c1ccc(F)cc1OCCCF. The highest BCUT2D eigenvalue weighted by molar-refractivity contribution is 5.35. The molecular weight excluding hydrogens is 202 g/mol. The molecular formula is C11H14F2O2. The van der Waals surface area contributed by atoms with Crippen molar-refractivity contribution in [2.24, 2.45) is 0 Å². The lowest BCUT2D eigenvalue weighted by molar-refractivity contribution is 0.190. The van der Waals surface area contributed by atoms with Crippen molar-refractivity contribution in [3.05, 3.63) is 29.6 Å². The van der Waals surface area contributed by atoms with Crippen LogP contribution in [0.25, 0.3) is 0 Å². The number of hydrogen-bond acceptors (Lipinski definition) is 2. The van der Waals surface area contributed by atoms with Crippen molar-refractivity contribution in [2.75, 3.05) is 13.3 Å². The molecule has 0 bridgehead atoms. The molecule has 1 N–H and O–H groups in total. The molecule has 0 aliphatic rings. The molecule has 0 aliphatic heterocycles. The summed E-state index contributed by atoms with van der Waals surface area (Å²) in [6.45, 7) is 1.27. The van der Waals surface area contributed by atoms with Gasteiger partial charge in [0.1, 0.15) is 11.6 Å². The van der Waals surface area contributed by atoms with Crippen LogP contribution in [0.4, 0.5) is 8.78 Å². The summed E-state index contributed by atoms with van der Waals surface area (Å²) in [6.07, 6.45) is -0.471. The van der Waals surface area contributed by atoms with E-state index in [2.05, 4.69) is 0 Å². The predicted molar refractivity (Wildman–Crippen MR) is 53.1 cm³/mol. The van der Waals surface area contributed by atoms with Crippen LogP contribution in [0.15, 0.2) is 18.2 Å². The van der Waals surface area contributed by atoms with E-state index < -0.39 is 18.6 Å². The van der Waals surface area contributed by atoms with Gasteiger partial charge in [0.2, 0.25) is 0 Å². The number of hydrogen-bond donors (Lipinski definition) is 1. The van der Waals surface area contributed by atoms with Gasteiger partial charge in [-0.05, 0) is 19.1 Å². The second kappa shape index (κ2) is 5.66. The lowest BCUT2D eigenvalue weighted by Crippen LogP contribution is -2.03. The van der Waals surface area contributed by atoms with Crippen molar-refractivity contribution in [1.29, 1.82) is 0 Å². The van der Waals surface area contributed by atoms with Crippen LogP contribution in [0.3, 0.4) is 0 Å². The van der Waals surface area contributed by atoms with Crippen LogP contribution in [-0.2, 0) is 0 Å². The maximum Gasteiger partial charge on any atom is 0.127 e. The van der Waals surface area contributed by atoms with E-state index in [0.29, 0.717) is 5.56 Å². The Balaban J connectivity index is 2.77. The summed E-state index contributed by atoms with van der Waals surface area (Å²) < 4.78 is 29.9. The van der Waals surface area contributed by atoms with Crippen LogP contribution in [-0.4, -0.2) is 18.4 Å².